The molecule has 3 nitrogen and oxygen atoms in total. The van der Waals surface area contributed by atoms with Crippen LogP contribution in [-0.4, -0.2) is 19.5 Å². The Labute approximate surface area is 126 Å². The predicted octanol–water partition coefficient (Wildman–Crippen LogP) is 3.87. The van der Waals surface area contributed by atoms with Gasteiger partial charge in [0.2, 0.25) is 5.91 Å². The summed E-state index contributed by atoms with van der Waals surface area (Å²) in [5, 5.41) is 0. The largest absolute Gasteiger partial charge is 0.330 e. The molecule has 4 heteroatoms. The molecule has 102 valence electrons. The number of fused-ring (bicyclic) bond motifs is 1. The topological polar surface area (TPSA) is 23.6 Å². The maximum absolute atomic E-state index is 12.2. The molecule has 0 saturated carbocycles. The van der Waals surface area contributed by atoms with E-state index in [0.717, 1.165) is 21.5 Å². The number of carbonyl (C=O) groups is 1. The third kappa shape index (κ3) is 2.10. The summed E-state index contributed by atoms with van der Waals surface area (Å²) in [4.78, 5) is 15.9. The van der Waals surface area contributed by atoms with Crippen LogP contribution in [0.4, 0.5) is 17.1 Å². The van der Waals surface area contributed by atoms with Crippen molar-refractivity contribution in [2.24, 2.45) is 0 Å². The third-order valence-corrected chi connectivity index (χ3v) is 4.52. The van der Waals surface area contributed by atoms with Crippen molar-refractivity contribution in [2.75, 3.05) is 23.4 Å². The summed E-state index contributed by atoms with van der Waals surface area (Å²) in [7, 11) is 1.82. The highest BCUT2D eigenvalue weighted by Gasteiger charge is 2.27. The molecule has 0 fully saturated rings. The van der Waals surface area contributed by atoms with Gasteiger partial charge >= 0.3 is 0 Å². The van der Waals surface area contributed by atoms with Gasteiger partial charge in [-0.3, -0.25) is 4.79 Å². The summed E-state index contributed by atoms with van der Waals surface area (Å²) in [6.45, 7) is 2.42. The molecule has 0 aliphatic carbocycles. The van der Waals surface area contributed by atoms with Crippen LogP contribution < -0.4 is 9.80 Å². The first-order valence-electron chi connectivity index (χ1n) is 6.47. The molecule has 3 rings (SSSR count). The number of carbonyl (C=O) groups excluding carboxylic acids is 1. The molecular weight excluding hydrogens is 316 g/mol. The molecule has 0 aromatic heterocycles. The summed E-state index contributed by atoms with van der Waals surface area (Å²) in [5.74, 6) is 0.0976. The SMILES string of the molecule is Cc1ccc(N2CC(=O)N(C)c3ccccc32)cc1Br. The second-order valence-electron chi connectivity index (χ2n) is 4.96. The maximum Gasteiger partial charge on any atom is 0.246 e. The number of likely N-dealkylation sites (N-methyl/N-ethyl adjacent to an activating group) is 1. The fraction of sp³-hybridized carbons (Fsp3) is 0.188. The minimum atomic E-state index is 0.0976. The molecule has 1 amide bonds. The average Bonchev–Trinajstić information content (AvgIpc) is 2.46. The molecule has 2 aromatic rings. The van der Waals surface area contributed by atoms with Gasteiger partial charge in [-0.05, 0) is 36.8 Å². The molecule has 0 atom stereocenters. The number of para-hydroxylation sites is 2. The number of amides is 1. The number of hydrogen-bond acceptors (Lipinski definition) is 2. The predicted molar refractivity (Wildman–Crippen MR) is 85.7 cm³/mol. The van der Waals surface area contributed by atoms with Crippen molar-refractivity contribution >= 4 is 38.9 Å². The van der Waals surface area contributed by atoms with Crippen molar-refractivity contribution in [3.63, 3.8) is 0 Å². The van der Waals surface area contributed by atoms with Crippen molar-refractivity contribution in [1.29, 1.82) is 0 Å². The molecule has 0 saturated heterocycles. The van der Waals surface area contributed by atoms with E-state index < -0.39 is 0 Å². The standard InChI is InChI=1S/C16H15BrN2O/c1-11-7-8-12(9-13(11)17)19-10-16(20)18(2)14-5-3-4-6-15(14)19/h3-9H,10H2,1-2H3. The number of anilines is 3. The number of benzene rings is 2. The van der Waals surface area contributed by atoms with E-state index in [9.17, 15) is 4.79 Å². The van der Waals surface area contributed by atoms with E-state index in [2.05, 4.69) is 46.0 Å². The Morgan fingerprint density at radius 1 is 1.10 bits per heavy atom. The number of rotatable bonds is 1. The first-order chi connectivity index (χ1) is 9.58. The maximum atomic E-state index is 12.2. The molecule has 1 aliphatic rings. The van der Waals surface area contributed by atoms with E-state index >= 15 is 0 Å². The van der Waals surface area contributed by atoms with Crippen LogP contribution in [0, 0.1) is 6.92 Å². The highest BCUT2D eigenvalue weighted by molar-refractivity contribution is 9.10. The Hall–Kier alpha value is -1.81. The van der Waals surface area contributed by atoms with E-state index in [4.69, 9.17) is 0 Å². The Morgan fingerprint density at radius 3 is 2.50 bits per heavy atom. The van der Waals surface area contributed by atoms with Gasteiger partial charge < -0.3 is 9.80 Å². The van der Waals surface area contributed by atoms with Crippen LogP contribution in [0.5, 0.6) is 0 Å². The molecule has 1 aliphatic heterocycles. The molecular formula is C16H15BrN2O. The van der Waals surface area contributed by atoms with Gasteiger partial charge in [0.05, 0.1) is 11.4 Å². The first-order valence-corrected chi connectivity index (χ1v) is 7.26. The monoisotopic (exact) mass is 330 g/mol. The Balaban J connectivity index is 2.12. The zero-order valence-corrected chi connectivity index (χ0v) is 13.0. The van der Waals surface area contributed by atoms with Crippen LogP contribution in [0.25, 0.3) is 0 Å². The molecule has 2 aromatic carbocycles. The third-order valence-electron chi connectivity index (χ3n) is 3.67. The van der Waals surface area contributed by atoms with Gasteiger partial charge in [0.25, 0.3) is 0 Å². The summed E-state index contributed by atoms with van der Waals surface area (Å²) in [5.41, 5.74) is 4.21. The lowest BCUT2D eigenvalue weighted by Crippen LogP contribution is -2.41. The lowest BCUT2D eigenvalue weighted by Gasteiger charge is -2.35. The number of halogens is 1. The second kappa shape index (κ2) is 4.94. The quantitative estimate of drug-likeness (QED) is 0.792. The smallest absolute Gasteiger partial charge is 0.246 e. The number of nitrogens with zero attached hydrogens (tertiary/aromatic N) is 2. The first kappa shape index (κ1) is 13.2. The Morgan fingerprint density at radius 2 is 1.80 bits per heavy atom. The van der Waals surface area contributed by atoms with Gasteiger partial charge in [0, 0.05) is 17.2 Å². The van der Waals surface area contributed by atoms with E-state index in [1.807, 2.05) is 31.3 Å². The van der Waals surface area contributed by atoms with Gasteiger partial charge in [-0.2, -0.15) is 0 Å². The normalized spacial score (nSPS) is 14.4. The van der Waals surface area contributed by atoms with Crippen LogP contribution in [0.3, 0.4) is 0 Å². The van der Waals surface area contributed by atoms with Crippen LogP contribution >= 0.6 is 15.9 Å². The lowest BCUT2D eigenvalue weighted by molar-refractivity contribution is -0.117. The molecule has 0 bridgehead atoms. The van der Waals surface area contributed by atoms with E-state index in [1.165, 1.54) is 5.56 Å². The highest BCUT2D eigenvalue weighted by atomic mass is 79.9. The molecule has 0 spiro atoms. The molecule has 0 radical (unpaired) electrons. The Bertz CT molecular complexity index is 684. The van der Waals surface area contributed by atoms with E-state index in [-0.39, 0.29) is 5.91 Å². The van der Waals surface area contributed by atoms with Crippen molar-refractivity contribution < 1.29 is 4.79 Å². The van der Waals surface area contributed by atoms with Crippen molar-refractivity contribution in [1.82, 2.24) is 0 Å². The molecule has 1 heterocycles. The zero-order valence-electron chi connectivity index (χ0n) is 11.4. The Kier molecular flexibility index (Phi) is 3.26. The average molecular weight is 331 g/mol. The van der Waals surface area contributed by atoms with Crippen LogP contribution in [0.2, 0.25) is 0 Å². The second-order valence-corrected chi connectivity index (χ2v) is 5.82. The highest BCUT2D eigenvalue weighted by Crippen LogP contribution is 2.38. The van der Waals surface area contributed by atoms with Gasteiger partial charge in [-0.15, -0.1) is 0 Å². The summed E-state index contributed by atoms with van der Waals surface area (Å²) in [6.07, 6.45) is 0. The van der Waals surface area contributed by atoms with Crippen molar-refractivity contribution in [2.45, 2.75) is 6.92 Å². The van der Waals surface area contributed by atoms with Crippen LogP contribution in [0.1, 0.15) is 5.56 Å². The van der Waals surface area contributed by atoms with E-state index in [1.54, 1.807) is 4.90 Å². The van der Waals surface area contributed by atoms with Gasteiger partial charge in [0.15, 0.2) is 0 Å². The number of hydrogen-bond donors (Lipinski definition) is 0. The zero-order chi connectivity index (χ0) is 14.3. The van der Waals surface area contributed by atoms with Gasteiger partial charge in [0.1, 0.15) is 6.54 Å². The fourth-order valence-electron chi connectivity index (χ4n) is 2.42. The summed E-state index contributed by atoms with van der Waals surface area (Å²) in [6, 6.07) is 14.1. The minimum absolute atomic E-state index is 0.0976. The van der Waals surface area contributed by atoms with Gasteiger partial charge in [-0.25, -0.2) is 0 Å². The lowest BCUT2D eigenvalue weighted by atomic mass is 10.1. The molecule has 20 heavy (non-hydrogen) atoms. The summed E-state index contributed by atoms with van der Waals surface area (Å²) >= 11 is 3.56. The van der Waals surface area contributed by atoms with Crippen LogP contribution in [0.15, 0.2) is 46.9 Å². The summed E-state index contributed by atoms with van der Waals surface area (Å²) < 4.78 is 1.05. The van der Waals surface area contributed by atoms with E-state index in [0.29, 0.717) is 6.54 Å². The van der Waals surface area contributed by atoms with Gasteiger partial charge in [-0.1, -0.05) is 34.1 Å². The van der Waals surface area contributed by atoms with Crippen molar-refractivity contribution in [3.8, 4) is 0 Å². The molecule has 0 N–H and O–H groups in total. The fourth-order valence-corrected chi connectivity index (χ4v) is 2.78. The number of aryl methyl sites for hydroxylation is 1. The minimum Gasteiger partial charge on any atom is -0.330 e. The van der Waals surface area contributed by atoms with Crippen molar-refractivity contribution in [3.05, 3.63) is 52.5 Å². The molecule has 0 unspecified atom stereocenters. The van der Waals surface area contributed by atoms with Crippen LogP contribution in [-0.2, 0) is 4.79 Å².